The minimum Gasteiger partial charge on any atom is -0.425 e. The molecule has 1 N–H and O–H groups in total. The highest BCUT2D eigenvalue weighted by atomic mass is 35.5. The second-order valence-electron chi connectivity index (χ2n) is 8.65. The van der Waals surface area contributed by atoms with E-state index in [1.807, 2.05) is 98.8 Å². The molecule has 4 rings (SSSR count). The third-order valence-electron chi connectivity index (χ3n) is 6.02. The Hall–Kier alpha value is -3.81. The van der Waals surface area contributed by atoms with E-state index in [2.05, 4.69) is 11.4 Å². The number of ether oxygens (including phenoxy) is 1. The number of nitrogens with one attached hydrogen (secondary N) is 1. The van der Waals surface area contributed by atoms with Crippen molar-refractivity contribution in [2.45, 2.75) is 20.3 Å². The zero-order valence-corrected chi connectivity index (χ0v) is 19.8. The number of carbonyl (C=O) groups excluding carboxylic acids is 1. The number of nitriles is 1. The topological polar surface area (TPSA) is 62.1 Å². The first kappa shape index (κ1) is 23.4. The van der Waals surface area contributed by atoms with E-state index in [0.29, 0.717) is 10.8 Å². The summed E-state index contributed by atoms with van der Waals surface area (Å²) in [5, 5.41) is 16.2. The molecular weight excluding hydrogens is 444 g/mol. The fourth-order valence-electron chi connectivity index (χ4n) is 3.94. The Balaban J connectivity index is 1.57. The highest BCUT2D eigenvalue weighted by Crippen LogP contribution is 2.35. The summed E-state index contributed by atoms with van der Waals surface area (Å²) in [6.45, 7) is 3.75. The van der Waals surface area contributed by atoms with Crippen LogP contribution in [0.5, 0.6) is 5.75 Å². The molecule has 4 aromatic carbocycles. The molecule has 0 fully saturated rings. The third kappa shape index (κ3) is 5.06. The van der Waals surface area contributed by atoms with Gasteiger partial charge in [-0.15, -0.1) is 0 Å². The summed E-state index contributed by atoms with van der Waals surface area (Å²) in [5.41, 5.74) is 1.29. The number of hydrogen-bond acceptors (Lipinski definition) is 4. The average molecular weight is 469 g/mol. The standard InChI is InChI=1S/C29H25ClN2O2/c1-20(2)29(19-31,28(33)34-27-15-10-22-7-3-4-8-23(22)17-27)18-21-6-5-9-26(16-21)32-25-13-11-24(30)12-14-25/h3-17,20,32H,18H2,1-2H3. The molecule has 0 saturated heterocycles. The van der Waals surface area contributed by atoms with Crippen LogP contribution in [0.15, 0.2) is 91.0 Å². The molecule has 0 aliphatic heterocycles. The third-order valence-corrected chi connectivity index (χ3v) is 6.28. The Morgan fingerprint density at radius 1 is 0.941 bits per heavy atom. The Morgan fingerprint density at radius 3 is 2.38 bits per heavy atom. The highest BCUT2D eigenvalue weighted by molar-refractivity contribution is 6.30. The van der Waals surface area contributed by atoms with E-state index in [0.717, 1.165) is 27.7 Å². The molecule has 1 unspecified atom stereocenters. The quantitative estimate of drug-likeness (QED) is 0.224. The number of carbonyl (C=O) groups is 1. The molecule has 1 atom stereocenters. The van der Waals surface area contributed by atoms with Gasteiger partial charge in [0.15, 0.2) is 5.41 Å². The summed E-state index contributed by atoms with van der Waals surface area (Å²) in [4.78, 5) is 13.4. The van der Waals surface area contributed by atoms with Gasteiger partial charge in [0.1, 0.15) is 5.75 Å². The summed E-state index contributed by atoms with van der Waals surface area (Å²) in [6.07, 6.45) is 0.240. The second-order valence-corrected chi connectivity index (χ2v) is 9.08. The van der Waals surface area contributed by atoms with Crippen molar-refractivity contribution in [2.75, 3.05) is 5.32 Å². The minimum absolute atomic E-state index is 0.240. The Kier molecular flexibility index (Phi) is 6.86. The van der Waals surface area contributed by atoms with E-state index in [9.17, 15) is 10.1 Å². The molecule has 4 aromatic rings. The molecule has 0 heterocycles. The van der Waals surface area contributed by atoms with Crippen LogP contribution in [-0.2, 0) is 11.2 Å². The van der Waals surface area contributed by atoms with E-state index in [1.165, 1.54) is 0 Å². The number of rotatable bonds is 7. The van der Waals surface area contributed by atoms with Crippen molar-refractivity contribution < 1.29 is 9.53 Å². The predicted molar refractivity (Wildman–Crippen MR) is 137 cm³/mol. The van der Waals surface area contributed by atoms with E-state index in [-0.39, 0.29) is 12.3 Å². The largest absolute Gasteiger partial charge is 0.425 e. The number of anilines is 2. The molecule has 0 aromatic heterocycles. The van der Waals surface area contributed by atoms with Crippen LogP contribution in [0.25, 0.3) is 10.8 Å². The maximum Gasteiger partial charge on any atom is 0.332 e. The van der Waals surface area contributed by atoms with Gasteiger partial charge < -0.3 is 10.1 Å². The van der Waals surface area contributed by atoms with Crippen LogP contribution in [0.1, 0.15) is 19.4 Å². The number of benzene rings is 4. The molecule has 0 aliphatic rings. The fraction of sp³-hybridized carbons (Fsp3) is 0.172. The van der Waals surface area contributed by atoms with Gasteiger partial charge in [-0.2, -0.15) is 5.26 Å². The van der Waals surface area contributed by atoms with Gasteiger partial charge in [0.05, 0.1) is 6.07 Å². The smallest absolute Gasteiger partial charge is 0.332 e. The number of halogens is 1. The maximum atomic E-state index is 13.4. The van der Waals surface area contributed by atoms with Crippen molar-refractivity contribution in [3.8, 4) is 11.8 Å². The number of fused-ring (bicyclic) bond motifs is 1. The average Bonchev–Trinajstić information content (AvgIpc) is 2.84. The van der Waals surface area contributed by atoms with Crippen LogP contribution in [0.2, 0.25) is 5.02 Å². The first-order valence-electron chi connectivity index (χ1n) is 11.1. The van der Waals surface area contributed by atoms with Gasteiger partial charge in [0.25, 0.3) is 0 Å². The number of nitrogens with zero attached hydrogens (tertiary/aromatic N) is 1. The zero-order chi connectivity index (χ0) is 24.1. The SMILES string of the molecule is CC(C)C(C#N)(Cc1cccc(Nc2ccc(Cl)cc2)c1)C(=O)Oc1ccc2ccccc2c1. The first-order chi connectivity index (χ1) is 16.4. The molecule has 0 amide bonds. The van der Waals surface area contributed by atoms with Crippen molar-refractivity contribution in [3.63, 3.8) is 0 Å². The maximum absolute atomic E-state index is 13.4. The van der Waals surface area contributed by atoms with Crippen LogP contribution in [0.4, 0.5) is 11.4 Å². The molecule has 0 spiro atoms. The van der Waals surface area contributed by atoms with Crippen molar-refractivity contribution in [2.24, 2.45) is 11.3 Å². The lowest BCUT2D eigenvalue weighted by molar-refractivity contribution is -0.144. The van der Waals surface area contributed by atoms with E-state index >= 15 is 0 Å². The van der Waals surface area contributed by atoms with Gasteiger partial charge >= 0.3 is 5.97 Å². The lowest BCUT2D eigenvalue weighted by atomic mass is 9.74. The van der Waals surface area contributed by atoms with Crippen LogP contribution in [0.3, 0.4) is 0 Å². The summed E-state index contributed by atoms with van der Waals surface area (Å²) in [7, 11) is 0. The first-order valence-corrected chi connectivity index (χ1v) is 11.5. The van der Waals surface area contributed by atoms with Crippen LogP contribution < -0.4 is 10.1 Å². The second kappa shape index (κ2) is 9.99. The van der Waals surface area contributed by atoms with Crippen LogP contribution in [0, 0.1) is 22.7 Å². The normalized spacial score (nSPS) is 12.7. The van der Waals surface area contributed by atoms with Crippen molar-refractivity contribution in [3.05, 3.63) is 102 Å². The molecule has 0 saturated carbocycles. The molecular formula is C29H25ClN2O2. The zero-order valence-electron chi connectivity index (χ0n) is 19.1. The lowest BCUT2D eigenvalue weighted by Crippen LogP contribution is -2.40. The number of esters is 1. The molecule has 5 heteroatoms. The van der Waals surface area contributed by atoms with Gasteiger partial charge in [-0.25, -0.2) is 4.79 Å². The van der Waals surface area contributed by atoms with Crippen molar-refractivity contribution in [1.29, 1.82) is 5.26 Å². The van der Waals surface area contributed by atoms with Crippen molar-refractivity contribution in [1.82, 2.24) is 0 Å². The summed E-state index contributed by atoms with van der Waals surface area (Å²) >= 11 is 5.97. The Bertz CT molecular complexity index is 1360. The van der Waals surface area contributed by atoms with E-state index in [4.69, 9.17) is 16.3 Å². The van der Waals surface area contributed by atoms with Crippen LogP contribution >= 0.6 is 11.6 Å². The molecule has 0 aliphatic carbocycles. The summed E-state index contributed by atoms with van der Waals surface area (Å²) in [5.74, 6) is -0.364. The fourth-order valence-corrected chi connectivity index (χ4v) is 4.06. The molecule has 0 radical (unpaired) electrons. The monoisotopic (exact) mass is 468 g/mol. The van der Waals surface area contributed by atoms with Crippen molar-refractivity contribution >= 4 is 39.7 Å². The molecule has 34 heavy (non-hydrogen) atoms. The van der Waals surface area contributed by atoms with Gasteiger partial charge in [-0.05, 0) is 70.8 Å². The number of hydrogen-bond donors (Lipinski definition) is 1. The molecule has 170 valence electrons. The van der Waals surface area contributed by atoms with Gasteiger partial charge in [0.2, 0.25) is 0 Å². The minimum atomic E-state index is -1.33. The summed E-state index contributed by atoms with van der Waals surface area (Å²) in [6, 6.07) is 30.8. The van der Waals surface area contributed by atoms with Crippen LogP contribution in [-0.4, -0.2) is 5.97 Å². The van der Waals surface area contributed by atoms with E-state index < -0.39 is 11.4 Å². The Labute approximate surface area is 204 Å². The summed E-state index contributed by atoms with van der Waals surface area (Å²) < 4.78 is 5.76. The highest BCUT2D eigenvalue weighted by Gasteiger charge is 2.44. The Morgan fingerprint density at radius 2 is 1.68 bits per heavy atom. The van der Waals surface area contributed by atoms with Gasteiger partial charge in [-0.1, -0.05) is 67.9 Å². The van der Waals surface area contributed by atoms with Gasteiger partial charge in [0, 0.05) is 22.8 Å². The lowest BCUT2D eigenvalue weighted by Gasteiger charge is -2.28. The molecule has 4 nitrogen and oxygen atoms in total. The van der Waals surface area contributed by atoms with Gasteiger partial charge in [-0.3, -0.25) is 0 Å². The molecule has 0 bridgehead atoms. The van der Waals surface area contributed by atoms with E-state index in [1.54, 1.807) is 6.07 Å². The predicted octanol–water partition coefficient (Wildman–Crippen LogP) is 7.55.